The molecule has 2 fully saturated rings. The summed E-state index contributed by atoms with van der Waals surface area (Å²) in [7, 11) is -3.27. The van der Waals surface area contributed by atoms with Gasteiger partial charge >= 0.3 is 6.09 Å². The molecule has 2 aliphatic heterocycles. The van der Waals surface area contributed by atoms with Crippen LogP contribution in [0.4, 0.5) is 4.79 Å². The number of likely N-dealkylation sites (tertiary alicyclic amines) is 1. The van der Waals surface area contributed by atoms with Crippen molar-refractivity contribution in [2.45, 2.75) is 43.2 Å². The maximum atomic E-state index is 13.1. The summed E-state index contributed by atoms with van der Waals surface area (Å²) in [5, 5.41) is 9.50. The summed E-state index contributed by atoms with van der Waals surface area (Å²) >= 11 is 0. The molecule has 0 saturated carbocycles. The summed E-state index contributed by atoms with van der Waals surface area (Å²) in [4.78, 5) is 30.4. The van der Waals surface area contributed by atoms with E-state index < -0.39 is 15.9 Å². The quantitative estimate of drug-likeness (QED) is 0.767. The second kappa shape index (κ2) is 8.71. The van der Waals surface area contributed by atoms with E-state index in [-0.39, 0.29) is 29.3 Å². The van der Waals surface area contributed by atoms with Gasteiger partial charge in [0.05, 0.1) is 23.4 Å². The number of nitrogens with zero attached hydrogens (tertiary/aromatic N) is 3. The lowest BCUT2D eigenvalue weighted by Crippen LogP contribution is -2.64. The third kappa shape index (κ3) is 5.08. The van der Waals surface area contributed by atoms with Gasteiger partial charge in [0.1, 0.15) is 0 Å². The fourth-order valence-electron chi connectivity index (χ4n) is 4.24. The minimum atomic E-state index is -3.27. The molecule has 160 valence electrons. The molecule has 2 saturated heterocycles. The van der Waals surface area contributed by atoms with Crippen LogP contribution in [-0.4, -0.2) is 91.3 Å². The highest BCUT2D eigenvalue weighted by molar-refractivity contribution is 7.90. The zero-order valence-corrected chi connectivity index (χ0v) is 17.8. The zero-order chi connectivity index (χ0) is 21.2. The topological polar surface area (TPSA) is 98.2 Å². The normalized spacial score (nSPS) is 23.4. The van der Waals surface area contributed by atoms with Crippen molar-refractivity contribution in [3.63, 3.8) is 0 Å². The predicted octanol–water partition coefficient (Wildman–Crippen LogP) is 1.31. The molecule has 8 nitrogen and oxygen atoms in total. The first-order valence-electron chi connectivity index (χ1n) is 9.97. The van der Waals surface area contributed by atoms with E-state index in [4.69, 9.17) is 0 Å². The SMILES string of the molecule is CC1C(CN2CCCC2)N(C(=O)Cc2ccc(S(C)(=O)=O)cc2)CCN1C(=O)O. The summed E-state index contributed by atoms with van der Waals surface area (Å²) in [6, 6.07) is 5.90. The van der Waals surface area contributed by atoms with Crippen LogP contribution < -0.4 is 0 Å². The Labute approximate surface area is 172 Å². The van der Waals surface area contributed by atoms with Gasteiger partial charge < -0.3 is 19.8 Å². The third-order valence-corrected chi connectivity index (χ3v) is 7.08. The monoisotopic (exact) mass is 423 g/mol. The van der Waals surface area contributed by atoms with Gasteiger partial charge in [-0.05, 0) is 50.6 Å². The Kier molecular flexibility index (Phi) is 6.48. The van der Waals surface area contributed by atoms with Gasteiger partial charge in [-0.3, -0.25) is 4.79 Å². The van der Waals surface area contributed by atoms with Crippen LogP contribution in [0.3, 0.4) is 0 Å². The maximum absolute atomic E-state index is 13.1. The number of sulfone groups is 1. The lowest BCUT2D eigenvalue weighted by molar-refractivity contribution is -0.137. The van der Waals surface area contributed by atoms with Crippen LogP contribution in [0.15, 0.2) is 29.2 Å². The Morgan fingerprint density at radius 1 is 1.03 bits per heavy atom. The molecule has 0 bridgehead atoms. The highest BCUT2D eigenvalue weighted by Crippen LogP contribution is 2.22. The molecule has 9 heteroatoms. The first-order chi connectivity index (χ1) is 13.7. The largest absolute Gasteiger partial charge is 0.465 e. The second-order valence-corrected chi connectivity index (χ2v) is 9.99. The Morgan fingerprint density at radius 2 is 1.62 bits per heavy atom. The number of hydrogen-bond donors (Lipinski definition) is 1. The number of carbonyl (C=O) groups excluding carboxylic acids is 1. The van der Waals surface area contributed by atoms with Crippen molar-refractivity contribution in [1.29, 1.82) is 0 Å². The molecule has 0 aromatic heterocycles. The number of hydrogen-bond acceptors (Lipinski definition) is 5. The molecule has 2 heterocycles. The van der Waals surface area contributed by atoms with Crippen molar-refractivity contribution in [3.05, 3.63) is 29.8 Å². The average molecular weight is 424 g/mol. The van der Waals surface area contributed by atoms with Gasteiger partial charge in [-0.1, -0.05) is 12.1 Å². The molecule has 1 aromatic rings. The van der Waals surface area contributed by atoms with E-state index in [0.29, 0.717) is 19.6 Å². The Bertz CT molecular complexity index is 849. The van der Waals surface area contributed by atoms with Gasteiger partial charge in [0.15, 0.2) is 9.84 Å². The predicted molar refractivity (Wildman–Crippen MR) is 109 cm³/mol. The van der Waals surface area contributed by atoms with Gasteiger partial charge in [0.2, 0.25) is 5.91 Å². The van der Waals surface area contributed by atoms with Gasteiger partial charge in [-0.2, -0.15) is 0 Å². The molecular formula is C20H29N3O5S. The van der Waals surface area contributed by atoms with Gasteiger partial charge in [0.25, 0.3) is 0 Å². The number of amides is 2. The lowest BCUT2D eigenvalue weighted by atomic mass is 10.0. The first kappa shape index (κ1) is 21.6. The van der Waals surface area contributed by atoms with E-state index in [1.807, 2.05) is 11.8 Å². The minimum absolute atomic E-state index is 0.0572. The molecule has 2 unspecified atom stereocenters. The van der Waals surface area contributed by atoms with E-state index in [0.717, 1.165) is 37.8 Å². The van der Waals surface area contributed by atoms with Crippen LogP contribution in [0.2, 0.25) is 0 Å². The van der Waals surface area contributed by atoms with Crippen LogP contribution >= 0.6 is 0 Å². The highest BCUT2D eigenvalue weighted by Gasteiger charge is 2.39. The fraction of sp³-hybridized carbons (Fsp3) is 0.600. The summed E-state index contributed by atoms with van der Waals surface area (Å²) in [6.45, 7) is 5.16. The average Bonchev–Trinajstić information content (AvgIpc) is 3.15. The Balaban J connectivity index is 1.74. The van der Waals surface area contributed by atoms with Crippen LogP contribution in [0.1, 0.15) is 25.3 Å². The number of rotatable bonds is 5. The van der Waals surface area contributed by atoms with E-state index in [2.05, 4.69) is 4.90 Å². The maximum Gasteiger partial charge on any atom is 0.407 e. The van der Waals surface area contributed by atoms with Crippen LogP contribution in [-0.2, 0) is 21.1 Å². The molecule has 1 aromatic carbocycles. The number of carbonyl (C=O) groups is 2. The van der Waals surface area contributed by atoms with Crippen LogP contribution in [0, 0.1) is 0 Å². The number of piperazine rings is 1. The van der Waals surface area contributed by atoms with E-state index >= 15 is 0 Å². The number of carboxylic acid groups (broad SMARTS) is 1. The van der Waals surface area contributed by atoms with E-state index in [9.17, 15) is 23.1 Å². The van der Waals surface area contributed by atoms with Crippen molar-refractivity contribution in [2.24, 2.45) is 0 Å². The molecule has 3 rings (SSSR count). The van der Waals surface area contributed by atoms with Crippen molar-refractivity contribution in [2.75, 3.05) is 39.0 Å². The van der Waals surface area contributed by atoms with Crippen LogP contribution in [0.25, 0.3) is 0 Å². The summed E-state index contributed by atoms with van der Waals surface area (Å²) in [5.41, 5.74) is 0.746. The molecule has 2 atom stereocenters. The lowest BCUT2D eigenvalue weighted by Gasteiger charge is -2.46. The molecule has 0 aliphatic carbocycles. The van der Waals surface area contributed by atoms with Gasteiger partial charge in [0, 0.05) is 25.9 Å². The molecular weight excluding hydrogens is 394 g/mol. The van der Waals surface area contributed by atoms with Gasteiger partial charge in [-0.15, -0.1) is 0 Å². The molecule has 2 amide bonds. The van der Waals surface area contributed by atoms with Gasteiger partial charge in [-0.25, -0.2) is 13.2 Å². The molecule has 29 heavy (non-hydrogen) atoms. The summed E-state index contributed by atoms with van der Waals surface area (Å²) in [6.07, 6.45) is 2.63. The first-order valence-corrected chi connectivity index (χ1v) is 11.9. The number of benzene rings is 1. The van der Waals surface area contributed by atoms with Crippen molar-refractivity contribution in [1.82, 2.24) is 14.7 Å². The summed E-state index contributed by atoms with van der Waals surface area (Å²) in [5.74, 6) is -0.0572. The molecule has 0 spiro atoms. The van der Waals surface area contributed by atoms with Crippen molar-refractivity contribution in [3.8, 4) is 0 Å². The molecule has 1 N–H and O–H groups in total. The zero-order valence-electron chi connectivity index (χ0n) is 17.0. The summed E-state index contributed by atoms with van der Waals surface area (Å²) < 4.78 is 23.2. The molecule has 2 aliphatic rings. The van der Waals surface area contributed by atoms with E-state index in [1.54, 1.807) is 12.1 Å². The van der Waals surface area contributed by atoms with Crippen molar-refractivity contribution >= 4 is 21.8 Å². The fourth-order valence-corrected chi connectivity index (χ4v) is 4.87. The van der Waals surface area contributed by atoms with E-state index in [1.165, 1.54) is 17.0 Å². The van der Waals surface area contributed by atoms with Crippen molar-refractivity contribution < 1.29 is 23.1 Å². The Hall–Kier alpha value is -2.13. The third-order valence-electron chi connectivity index (χ3n) is 5.95. The standard InChI is InChI=1S/C20H29N3O5S/c1-15-18(14-21-9-3-4-10-21)23(12-11-22(15)20(25)26)19(24)13-16-5-7-17(8-6-16)29(2,27)28/h5-8,15,18H,3-4,9-14H2,1-2H3,(H,25,26). The highest BCUT2D eigenvalue weighted by atomic mass is 32.2. The molecule has 0 radical (unpaired) electrons. The minimum Gasteiger partial charge on any atom is -0.465 e. The second-order valence-electron chi connectivity index (χ2n) is 7.97. The smallest absolute Gasteiger partial charge is 0.407 e. The Morgan fingerprint density at radius 3 is 2.17 bits per heavy atom. The van der Waals surface area contributed by atoms with Crippen LogP contribution in [0.5, 0.6) is 0 Å².